The van der Waals surface area contributed by atoms with Crippen LogP contribution in [0.1, 0.15) is 17.3 Å². The Hall–Kier alpha value is -0.480. The van der Waals surface area contributed by atoms with Crippen LogP contribution in [0.25, 0.3) is 0 Å². The van der Waals surface area contributed by atoms with Gasteiger partial charge in [-0.1, -0.05) is 11.6 Å². The molecule has 0 aliphatic rings. The van der Waals surface area contributed by atoms with Gasteiger partial charge in [0.05, 0.1) is 15.5 Å². The fourth-order valence-corrected chi connectivity index (χ4v) is 3.71. The third-order valence-corrected chi connectivity index (χ3v) is 6.63. The molecule has 0 heterocycles. The molecular formula is C11H13BrClNO5S2. The van der Waals surface area contributed by atoms with Crippen molar-refractivity contribution in [3.63, 3.8) is 0 Å². The molecule has 1 aromatic carbocycles. The van der Waals surface area contributed by atoms with Crippen molar-refractivity contribution in [3.8, 4) is 0 Å². The van der Waals surface area contributed by atoms with Gasteiger partial charge in [-0.25, -0.2) is 17.9 Å². The molecule has 10 heteroatoms. The second-order valence-corrected chi connectivity index (χ2v) is 9.03. The van der Waals surface area contributed by atoms with Gasteiger partial charge in [0, 0.05) is 33.3 Å². The van der Waals surface area contributed by atoms with E-state index in [0.717, 1.165) is 6.07 Å². The maximum Gasteiger partial charge on any atom is 0.337 e. The van der Waals surface area contributed by atoms with Crippen LogP contribution in [0.5, 0.6) is 0 Å². The van der Waals surface area contributed by atoms with Gasteiger partial charge < -0.3 is 5.11 Å². The molecule has 21 heavy (non-hydrogen) atoms. The normalized spacial score (nSPS) is 14.7. The summed E-state index contributed by atoms with van der Waals surface area (Å²) in [6, 6.07) is 2.19. The molecule has 0 saturated heterocycles. The molecule has 2 unspecified atom stereocenters. The third kappa shape index (κ3) is 4.75. The van der Waals surface area contributed by atoms with Gasteiger partial charge in [-0.2, -0.15) is 0 Å². The largest absolute Gasteiger partial charge is 0.478 e. The highest BCUT2D eigenvalue weighted by Gasteiger charge is 2.21. The van der Waals surface area contributed by atoms with Crippen molar-refractivity contribution in [2.24, 2.45) is 0 Å². The van der Waals surface area contributed by atoms with Gasteiger partial charge in [0.25, 0.3) is 0 Å². The third-order valence-electron chi connectivity index (χ3n) is 2.67. The number of carboxylic acid groups (broad SMARTS) is 1. The summed E-state index contributed by atoms with van der Waals surface area (Å²) in [6.07, 6.45) is 1.47. The van der Waals surface area contributed by atoms with Crippen LogP contribution in [0.3, 0.4) is 0 Å². The van der Waals surface area contributed by atoms with Gasteiger partial charge in [-0.15, -0.1) is 0 Å². The number of halogens is 2. The number of rotatable bonds is 6. The summed E-state index contributed by atoms with van der Waals surface area (Å²) in [6.45, 7) is 1.62. The van der Waals surface area contributed by atoms with Gasteiger partial charge in [-0.05, 0) is 35.0 Å². The van der Waals surface area contributed by atoms with E-state index in [4.69, 9.17) is 16.7 Å². The average molecular weight is 419 g/mol. The molecule has 0 radical (unpaired) electrons. The molecule has 1 aromatic rings. The molecule has 0 aliphatic heterocycles. The number of nitrogens with one attached hydrogen (secondary N) is 1. The van der Waals surface area contributed by atoms with E-state index in [-0.39, 0.29) is 31.7 Å². The summed E-state index contributed by atoms with van der Waals surface area (Å²) in [7, 11) is -5.09. The van der Waals surface area contributed by atoms with Crippen LogP contribution in [-0.2, 0) is 20.8 Å². The zero-order chi connectivity index (χ0) is 16.4. The highest BCUT2D eigenvalue weighted by molar-refractivity contribution is 9.10. The lowest BCUT2D eigenvalue weighted by molar-refractivity contribution is 0.0696. The van der Waals surface area contributed by atoms with E-state index < -0.39 is 26.8 Å². The van der Waals surface area contributed by atoms with Crippen LogP contribution in [0, 0.1) is 0 Å². The molecule has 0 bridgehead atoms. The Balaban J connectivity index is 3.15. The maximum atomic E-state index is 12.1. The quantitative estimate of drug-likeness (QED) is 0.734. The van der Waals surface area contributed by atoms with E-state index in [1.54, 1.807) is 6.92 Å². The number of hydrogen-bond acceptors (Lipinski definition) is 4. The van der Waals surface area contributed by atoms with Crippen molar-refractivity contribution in [1.29, 1.82) is 0 Å². The summed E-state index contributed by atoms with van der Waals surface area (Å²) >= 11 is 8.82. The highest BCUT2D eigenvalue weighted by atomic mass is 79.9. The molecule has 118 valence electrons. The van der Waals surface area contributed by atoms with E-state index in [2.05, 4.69) is 20.7 Å². The number of benzene rings is 1. The first-order valence-electron chi connectivity index (χ1n) is 5.60. The van der Waals surface area contributed by atoms with E-state index in [1.165, 1.54) is 12.3 Å². The average Bonchev–Trinajstić information content (AvgIpc) is 2.38. The Labute approximate surface area is 138 Å². The van der Waals surface area contributed by atoms with Crippen LogP contribution >= 0.6 is 27.5 Å². The Morgan fingerprint density at radius 1 is 1.52 bits per heavy atom. The summed E-state index contributed by atoms with van der Waals surface area (Å²) < 4.78 is 37.9. The monoisotopic (exact) mass is 417 g/mol. The molecule has 0 fully saturated rings. The molecule has 0 saturated carbocycles. The lowest BCUT2D eigenvalue weighted by Crippen LogP contribution is -2.32. The molecule has 2 N–H and O–H groups in total. The van der Waals surface area contributed by atoms with Crippen molar-refractivity contribution in [2.75, 3.05) is 12.8 Å². The van der Waals surface area contributed by atoms with Crippen molar-refractivity contribution >= 4 is 54.3 Å². The van der Waals surface area contributed by atoms with Crippen molar-refractivity contribution in [2.45, 2.75) is 17.1 Å². The van der Waals surface area contributed by atoms with Crippen molar-refractivity contribution < 1.29 is 22.5 Å². The van der Waals surface area contributed by atoms with Crippen LogP contribution in [0.4, 0.5) is 0 Å². The molecule has 0 aromatic heterocycles. The maximum absolute atomic E-state index is 12.1. The van der Waals surface area contributed by atoms with Crippen LogP contribution in [0.15, 0.2) is 21.5 Å². The number of carboxylic acids is 1. The van der Waals surface area contributed by atoms with Gasteiger partial charge in [0.1, 0.15) is 0 Å². The molecule has 1 rings (SSSR count). The van der Waals surface area contributed by atoms with Crippen LogP contribution in [-0.4, -0.2) is 41.8 Å². The van der Waals surface area contributed by atoms with E-state index in [9.17, 15) is 17.4 Å². The molecule has 0 aliphatic carbocycles. The number of aromatic carboxylic acids is 1. The molecule has 0 amide bonds. The molecule has 6 nitrogen and oxygen atoms in total. The van der Waals surface area contributed by atoms with Gasteiger partial charge >= 0.3 is 5.97 Å². The first-order chi connectivity index (χ1) is 9.56. The minimum absolute atomic E-state index is 0.0197. The fraction of sp³-hybridized carbons (Fsp3) is 0.364. The van der Waals surface area contributed by atoms with Crippen molar-refractivity contribution in [3.05, 3.63) is 27.2 Å². The van der Waals surface area contributed by atoms with E-state index >= 15 is 0 Å². The summed E-state index contributed by atoms with van der Waals surface area (Å²) in [5, 5.41) is 8.57. The molecule has 0 spiro atoms. The Bertz CT molecular complexity index is 692. The zero-order valence-electron chi connectivity index (χ0n) is 11.1. The summed E-state index contributed by atoms with van der Waals surface area (Å²) in [5.41, 5.74) is -0.321. The predicted molar refractivity (Wildman–Crippen MR) is 84.8 cm³/mol. The van der Waals surface area contributed by atoms with Gasteiger partial charge in [-0.3, -0.25) is 4.21 Å². The van der Waals surface area contributed by atoms with Crippen LogP contribution < -0.4 is 4.72 Å². The SMILES string of the molecule is CC(CNS(=O)(=O)c1cc(Br)c(Cl)c(C(=O)O)c1)S(C)=O. The lowest BCUT2D eigenvalue weighted by Gasteiger charge is -2.12. The summed E-state index contributed by atoms with van der Waals surface area (Å²) in [5.74, 6) is -1.33. The summed E-state index contributed by atoms with van der Waals surface area (Å²) in [4.78, 5) is 10.8. The number of carbonyl (C=O) groups is 1. The van der Waals surface area contributed by atoms with E-state index in [0.29, 0.717) is 0 Å². The first-order valence-corrected chi connectivity index (χ1v) is 9.88. The smallest absolute Gasteiger partial charge is 0.337 e. The second kappa shape index (κ2) is 7.19. The zero-order valence-corrected chi connectivity index (χ0v) is 15.1. The van der Waals surface area contributed by atoms with Crippen LogP contribution in [0.2, 0.25) is 5.02 Å². The van der Waals surface area contributed by atoms with Crippen molar-refractivity contribution in [1.82, 2.24) is 4.72 Å². The lowest BCUT2D eigenvalue weighted by atomic mass is 10.2. The fourth-order valence-electron chi connectivity index (χ4n) is 1.30. The predicted octanol–water partition coefficient (Wildman–Crippen LogP) is 1.85. The first kappa shape index (κ1) is 18.6. The van der Waals surface area contributed by atoms with E-state index in [1.807, 2.05) is 0 Å². The Kier molecular flexibility index (Phi) is 6.36. The standard InChI is InChI=1S/C11H13BrClNO5S2/c1-6(20(2)17)5-14-21(18,19)7-3-8(11(15)16)10(13)9(12)4-7/h3-4,6,14H,5H2,1-2H3,(H,15,16). The Morgan fingerprint density at radius 2 is 2.10 bits per heavy atom. The van der Waals surface area contributed by atoms with Gasteiger partial charge in [0.2, 0.25) is 10.0 Å². The second-order valence-electron chi connectivity index (χ2n) is 4.23. The highest BCUT2D eigenvalue weighted by Crippen LogP contribution is 2.29. The number of sulfonamides is 1. The minimum atomic E-state index is -3.92. The Morgan fingerprint density at radius 3 is 2.57 bits per heavy atom. The molecular weight excluding hydrogens is 406 g/mol. The molecule has 2 atom stereocenters. The number of hydrogen-bond donors (Lipinski definition) is 2. The topological polar surface area (TPSA) is 101 Å². The minimum Gasteiger partial charge on any atom is -0.478 e. The van der Waals surface area contributed by atoms with Gasteiger partial charge in [0.15, 0.2) is 0 Å².